The zero-order valence-electron chi connectivity index (χ0n) is 14.0. The van der Waals surface area contributed by atoms with Crippen LogP contribution >= 0.6 is 22.9 Å². The van der Waals surface area contributed by atoms with Gasteiger partial charge in [-0.2, -0.15) is 0 Å². The summed E-state index contributed by atoms with van der Waals surface area (Å²) in [6.07, 6.45) is 0. The van der Waals surface area contributed by atoms with Crippen LogP contribution in [0.1, 0.15) is 0 Å². The molecule has 0 atom stereocenters. The number of halogens is 1. The van der Waals surface area contributed by atoms with Gasteiger partial charge >= 0.3 is 0 Å². The minimum atomic E-state index is 0.625. The third-order valence-electron chi connectivity index (χ3n) is 3.59. The molecule has 5 nitrogen and oxygen atoms in total. The van der Waals surface area contributed by atoms with Crippen molar-refractivity contribution in [3.8, 4) is 28.5 Å². The van der Waals surface area contributed by atoms with E-state index >= 15 is 0 Å². The van der Waals surface area contributed by atoms with E-state index in [0.29, 0.717) is 22.3 Å². The molecule has 0 radical (unpaired) electrons. The summed E-state index contributed by atoms with van der Waals surface area (Å²) in [4.78, 5) is 4.62. The number of thiazole rings is 1. The summed E-state index contributed by atoms with van der Waals surface area (Å²) < 4.78 is 16.0. The smallest absolute Gasteiger partial charge is 0.187 e. The molecule has 1 N–H and O–H groups in total. The van der Waals surface area contributed by atoms with Crippen molar-refractivity contribution in [1.29, 1.82) is 0 Å². The maximum absolute atomic E-state index is 6.06. The fourth-order valence-corrected chi connectivity index (χ4v) is 3.26. The van der Waals surface area contributed by atoms with Crippen LogP contribution in [-0.4, -0.2) is 26.3 Å². The summed E-state index contributed by atoms with van der Waals surface area (Å²) >= 11 is 7.56. The van der Waals surface area contributed by atoms with Crippen molar-refractivity contribution < 1.29 is 14.2 Å². The van der Waals surface area contributed by atoms with E-state index in [9.17, 15) is 0 Å². The number of hydrogen-bond donors (Lipinski definition) is 1. The molecule has 0 fully saturated rings. The molecule has 1 aromatic heterocycles. The second-order valence-electron chi connectivity index (χ2n) is 5.08. The lowest BCUT2D eigenvalue weighted by Gasteiger charge is -2.09. The summed E-state index contributed by atoms with van der Waals surface area (Å²) in [6, 6.07) is 11.1. The number of ether oxygens (including phenoxy) is 3. The second kappa shape index (κ2) is 7.63. The molecule has 0 aliphatic heterocycles. The van der Waals surface area contributed by atoms with E-state index in [1.165, 1.54) is 11.3 Å². The molecule has 0 bridgehead atoms. The largest absolute Gasteiger partial charge is 0.495 e. The lowest BCUT2D eigenvalue weighted by Crippen LogP contribution is -1.94. The molecule has 130 valence electrons. The molecule has 3 aromatic rings. The number of anilines is 2. The van der Waals surface area contributed by atoms with E-state index in [1.54, 1.807) is 33.5 Å². The highest BCUT2D eigenvalue weighted by atomic mass is 35.5. The van der Waals surface area contributed by atoms with Crippen molar-refractivity contribution in [3.63, 3.8) is 0 Å². The maximum atomic E-state index is 6.06. The highest BCUT2D eigenvalue weighted by Crippen LogP contribution is 2.35. The van der Waals surface area contributed by atoms with E-state index in [1.807, 2.05) is 29.6 Å². The number of aromatic nitrogens is 1. The number of nitrogens with one attached hydrogen (secondary N) is 1. The minimum absolute atomic E-state index is 0.625. The van der Waals surface area contributed by atoms with Gasteiger partial charge in [0.2, 0.25) is 0 Å². The van der Waals surface area contributed by atoms with Crippen LogP contribution in [0.3, 0.4) is 0 Å². The average molecular weight is 377 g/mol. The maximum Gasteiger partial charge on any atom is 0.187 e. The summed E-state index contributed by atoms with van der Waals surface area (Å²) in [5.41, 5.74) is 2.55. The molecular weight excluding hydrogens is 360 g/mol. The number of hydrogen-bond acceptors (Lipinski definition) is 6. The molecule has 0 unspecified atom stereocenters. The van der Waals surface area contributed by atoms with Crippen LogP contribution in [0.4, 0.5) is 10.8 Å². The van der Waals surface area contributed by atoms with E-state index in [0.717, 1.165) is 22.1 Å². The fraction of sp³-hybridized carbons (Fsp3) is 0.167. The molecular formula is C18H17ClN2O3S. The Bertz CT molecular complexity index is 883. The number of methoxy groups -OCH3 is 3. The van der Waals surface area contributed by atoms with Crippen LogP contribution in [0.2, 0.25) is 5.02 Å². The van der Waals surface area contributed by atoms with Crippen LogP contribution < -0.4 is 19.5 Å². The Morgan fingerprint density at radius 2 is 1.64 bits per heavy atom. The fourth-order valence-electron chi connectivity index (χ4n) is 2.35. The molecule has 25 heavy (non-hydrogen) atoms. The van der Waals surface area contributed by atoms with Gasteiger partial charge in [-0.1, -0.05) is 11.6 Å². The monoisotopic (exact) mass is 376 g/mol. The van der Waals surface area contributed by atoms with E-state index in [4.69, 9.17) is 25.8 Å². The first-order chi connectivity index (χ1) is 12.1. The summed E-state index contributed by atoms with van der Waals surface area (Å²) in [5, 5.41) is 6.59. The van der Waals surface area contributed by atoms with Gasteiger partial charge in [-0.3, -0.25) is 0 Å². The normalized spacial score (nSPS) is 10.4. The van der Waals surface area contributed by atoms with Crippen molar-refractivity contribution >= 4 is 33.8 Å². The molecule has 0 aliphatic carbocycles. The predicted molar refractivity (Wildman–Crippen MR) is 102 cm³/mol. The first-order valence-corrected chi connectivity index (χ1v) is 8.69. The summed E-state index contributed by atoms with van der Waals surface area (Å²) in [6.45, 7) is 0. The van der Waals surface area contributed by atoms with E-state index < -0.39 is 0 Å². The average Bonchev–Trinajstić information content (AvgIpc) is 3.10. The van der Waals surface area contributed by atoms with Gasteiger partial charge in [0.05, 0.1) is 32.7 Å². The molecule has 7 heteroatoms. The van der Waals surface area contributed by atoms with Crippen molar-refractivity contribution in [3.05, 3.63) is 46.8 Å². The number of benzene rings is 2. The Hall–Kier alpha value is -2.44. The van der Waals surface area contributed by atoms with Gasteiger partial charge in [0.1, 0.15) is 5.75 Å². The van der Waals surface area contributed by atoms with Crippen LogP contribution in [0.5, 0.6) is 17.2 Å². The highest BCUT2D eigenvalue weighted by molar-refractivity contribution is 7.14. The number of rotatable bonds is 6. The lowest BCUT2D eigenvalue weighted by atomic mass is 10.1. The van der Waals surface area contributed by atoms with Gasteiger partial charge in [-0.15, -0.1) is 11.3 Å². The first-order valence-electron chi connectivity index (χ1n) is 7.43. The third-order valence-corrected chi connectivity index (χ3v) is 4.58. The molecule has 1 heterocycles. The van der Waals surface area contributed by atoms with Crippen molar-refractivity contribution in [1.82, 2.24) is 4.98 Å². The van der Waals surface area contributed by atoms with Crippen molar-refractivity contribution in [2.24, 2.45) is 0 Å². The molecule has 0 amide bonds. The SMILES string of the molecule is COc1ccc(Cl)cc1Nc1nc(-c2ccc(OC)c(OC)c2)cs1. The van der Waals surface area contributed by atoms with E-state index in [-0.39, 0.29) is 0 Å². The van der Waals surface area contributed by atoms with Crippen molar-refractivity contribution in [2.75, 3.05) is 26.6 Å². The van der Waals surface area contributed by atoms with Crippen LogP contribution in [-0.2, 0) is 0 Å². The van der Waals surface area contributed by atoms with Crippen LogP contribution in [0.25, 0.3) is 11.3 Å². The quantitative estimate of drug-likeness (QED) is 0.638. The van der Waals surface area contributed by atoms with Gasteiger partial charge in [0.15, 0.2) is 16.6 Å². The summed E-state index contributed by atoms with van der Waals surface area (Å²) in [5.74, 6) is 2.05. The Balaban J connectivity index is 1.87. The number of nitrogens with zero attached hydrogens (tertiary/aromatic N) is 1. The Labute approximate surface area is 155 Å². The molecule has 2 aromatic carbocycles. The Morgan fingerprint density at radius 1 is 0.920 bits per heavy atom. The van der Waals surface area contributed by atoms with Gasteiger partial charge in [-0.05, 0) is 36.4 Å². The van der Waals surface area contributed by atoms with Gasteiger partial charge in [-0.25, -0.2) is 4.98 Å². The van der Waals surface area contributed by atoms with E-state index in [2.05, 4.69) is 10.3 Å². The molecule has 0 aliphatic rings. The molecule has 0 saturated carbocycles. The molecule has 0 saturated heterocycles. The highest BCUT2D eigenvalue weighted by Gasteiger charge is 2.11. The third kappa shape index (κ3) is 3.81. The first kappa shape index (κ1) is 17.4. The topological polar surface area (TPSA) is 52.6 Å². The van der Waals surface area contributed by atoms with Crippen LogP contribution in [0, 0.1) is 0 Å². The van der Waals surface area contributed by atoms with Gasteiger partial charge in [0, 0.05) is 16.0 Å². The lowest BCUT2D eigenvalue weighted by molar-refractivity contribution is 0.355. The Morgan fingerprint density at radius 3 is 2.36 bits per heavy atom. The predicted octanol–water partition coefficient (Wildman–Crippen LogP) is 5.23. The summed E-state index contributed by atoms with van der Waals surface area (Å²) in [7, 11) is 4.84. The molecule has 0 spiro atoms. The van der Waals surface area contributed by atoms with Gasteiger partial charge in [0.25, 0.3) is 0 Å². The zero-order valence-corrected chi connectivity index (χ0v) is 15.6. The Kier molecular flexibility index (Phi) is 5.31. The van der Waals surface area contributed by atoms with Crippen LogP contribution in [0.15, 0.2) is 41.8 Å². The minimum Gasteiger partial charge on any atom is -0.495 e. The van der Waals surface area contributed by atoms with Crippen molar-refractivity contribution in [2.45, 2.75) is 0 Å². The zero-order chi connectivity index (χ0) is 17.8. The second-order valence-corrected chi connectivity index (χ2v) is 6.37. The molecule has 3 rings (SSSR count). The standard InChI is InChI=1S/C18H17ClN2O3S/c1-22-15-7-5-12(19)9-13(15)20-18-21-14(10-25-18)11-4-6-16(23-2)17(8-11)24-3/h4-10H,1-3H3,(H,20,21). The van der Waals surface area contributed by atoms with Gasteiger partial charge < -0.3 is 19.5 Å².